The van der Waals surface area contributed by atoms with Gasteiger partial charge in [-0.2, -0.15) is 0 Å². The van der Waals surface area contributed by atoms with Gasteiger partial charge in [-0.1, -0.05) is 42.0 Å². The van der Waals surface area contributed by atoms with Crippen molar-refractivity contribution in [1.82, 2.24) is 9.97 Å². The Hall–Kier alpha value is -5.11. The molecule has 3 aromatic carbocycles. The maximum absolute atomic E-state index is 13.0. The van der Waals surface area contributed by atoms with E-state index in [1.54, 1.807) is 55.7 Å². The lowest BCUT2D eigenvalue weighted by Crippen LogP contribution is -2.16. The molecule has 0 aliphatic heterocycles. The van der Waals surface area contributed by atoms with Gasteiger partial charge in [0.15, 0.2) is 0 Å². The molecule has 0 spiro atoms. The number of rotatable bonds is 8. The van der Waals surface area contributed by atoms with Crippen LogP contribution in [-0.2, 0) is 11.2 Å². The van der Waals surface area contributed by atoms with Crippen molar-refractivity contribution in [1.29, 1.82) is 0 Å². The number of hydrogen-bond donors (Lipinski definition) is 3. The van der Waals surface area contributed by atoms with E-state index in [2.05, 4.69) is 25.9 Å². The lowest BCUT2D eigenvalue weighted by molar-refractivity contribution is -0.111. The zero-order valence-electron chi connectivity index (χ0n) is 22.0. The second-order valence-corrected chi connectivity index (χ2v) is 9.06. The molecule has 4 aromatic rings. The molecule has 0 aliphatic rings. The van der Waals surface area contributed by atoms with Crippen LogP contribution in [0.3, 0.4) is 0 Å². The Morgan fingerprint density at radius 3 is 2.23 bits per heavy atom. The van der Waals surface area contributed by atoms with E-state index in [4.69, 9.17) is 0 Å². The first-order chi connectivity index (χ1) is 18.8. The van der Waals surface area contributed by atoms with Crippen LogP contribution in [0.2, 0.25) is 0 Å². The molecular weight excluding hydrogens is 490 g/mol. The molecule has 196 valence electrons. The molecule has 3 amide bonds. The minimum Gasteiger partial charge on any atom is -0.323 e. The monoisotopic (exact) mass is 519 g/mol. The zero-order chi connectivity index (χ0) is 27.8. The van der Waals surface area contributed by atoms with E-state index >= 15 is 0 Å². The third-order valence-electron chi connectivity index (χ3n) is 5.86. The third-order valence-corrected chi connectivity index (χ3v) is 5.86. The molecule has 1 aromatic heterocycles. The summed E-state index contributed by atoms with van der Waals surface area (Å²) in [6.45, 7) is 5.54. The molecule has 0 unspecified atom stereocenters. The van der Waals surface area contributed by atoms with Crippen molar-refractivity contribution in [2.45, 2.75) is 27.2 Å². The Balaban J connectivity index is 1.40. The maximum Gasteiger partial charge on any atom is 0.256 e. The largest absolute Gasteiger partial charge is 0.323 e. The van der Waals surface area contributed by atoms with Crippen molar-refractivity contribution in [2.24, 2.45) is 0 Å². The predicted octanol–water partition coefficient (Wildman–Crippen LogP) is 5.70. The number of aryl methyl sites for hydroxylation is 2. The minimum atomic E-state index is -0.333. The number of nitrogens with one attached hydrogen (secondary N) is 3. The Morgan fingerprint density at radius 2 is 1.49 bits per heavy atom. The molecule has 4 rings (SSSR count). The third kappa shape index (κ3) is 7.45. The number of hydrogen-bond acceptors (Lipinski definition) is 5. The number of nitrogens with zero attached hydrogens (tertiary/aromatic N) is 2. The number of aromatic nitrogens is 2. The number of carbonyl (C=O) groups is 3. The van der Waals surface area contributed by atoms with Crippen LogP contribution in [0.1, 0.15) is 50.2 Å². The molecular formula is C31H29N5O3. The summed E-state index contributed by atoms with van der Waals surface area (Å²) in [5.41, 5.74) is 5.32. The summed E-state index contributed by atoms with van der Waals surface area (Å²) in [5, 5.41) is 8.48. The van der Waals surface area contributed by atoms with Crippen LogP contribution in [0.4, 0.5) is 17.1 Å². The summed E-state index contributed by atoms with van der Waals surface area (Å²) in [6, 6.07) is 20.0. The molecule has 0 radical (unpaired) electrons. The summed E-state index contributed by atoms with van der Waals surface area (Å²) >= 11 is 0. The summed E-state index contributed by atoms with van der Waals surface area (Å²) in [4.78, 5) is 46.2. The zero-order valence-corrected chi connectivity index (χ0v) is 22.0. The number of amides is 3. The number of anilines is 3. The van der Waals surface area contributed by atoms with E-state index in [-0.39, 0.29) is 17.7 Å². The fourth-order valence-electron chi connectivity index (χ4n) is 3.92. The summed E-state index contributed by atoms with van der Waals surface area (Å²) < 4.78 is 0. The minimum absolute atomic E-state index is 0.194. The van der Waals surface area contributed by atoms with Gasteiger partial charge in [-0.3, -0.25) is 14.4 Å². The van der Waals surface area contributed by atoms with Gasteiger partial charge in [0.2, 0.25) is 5.91 Å². The smallest absolute Gasteiger partial charge is 0.256 e. The second-order valence-electron chi connectivity index (χ2n) is 9.06. The lowest BCUT2D eigenvalue weighted by Gasteiger charge is -2.11. The highest BCUT2D eigenvalue weighted by Gasteiger charge is 2.13. The van der Waals surface area contributed by atoms with Gasteiger partial charge in [0.25, 0.3) is 11.8 Å². The van der Waals surface area contributed by atoms with Crippen molar-refractivity contribution >= 4 is 34.8 Å². The SMILES string of the molecule is C/C=C/C(=O)Nc1cccc(Cc2ncc(NC(=O)c3cc(NC(=O)c4cccc(C)c4)ccc3C)cn2)c1. The highest BCUT2D eigenvalue weighted by Crippen LogP contribution is 2.19. The highest BCUT2D eigenvalue weighted by atomic mass is 16.2. The molecule has 1 heterocycles. The first kappa shape index (κ1) is 26.9. The maximum atomic E-state index is 13.0. The van der Waals surface area contributed by atoms with Gasteiger partial charge in [0.05, 0.1) is 18.1 Å². The molecule has 0 bridgehead atoms. The van der Waals surface area contributed by atoms with E-state index in [0.717, 1.165) is 16.7 Å². The number of carbonyl (C=O) groups excluding carboxylic acids is 3. The van der Waals surface area contributed by atoms with Crippen molar-refractivity contribution in [2.75, 3.05) is 16.0 Å². The molecule has 0 fully saturated rings. The standard InChI is InChI=1S/C31H29N5O3/c1-4-7-29(37)34-24-11-6-9-22(15-24)16-28-32-18-26(19-33-28)36-31(39)27-17-25(13-12-21(27)3)35-30(38)23-10-5-8-20(2)14-23/h4-15,17-19H,16H2,1-3H3,(H,34,37)(H,35,38)(H,36,39)/b7-4+. The Bertz CT molecular complexity index is 1540. The van der Waals surface area contributed by atoms with Crippen molar-refractivity contribution in [3.63, 3.8) is 0 Å². The number of allylic oxidation sites excluding steroid dienone is 1. The van der Waals surface area contributed by atoms with Crippen LogP contribution in [-0.4, -0.2) is 27.7 Å². The van der Waals surface area contributed by atoms with E-state index < -0.39 is 0 Å². The van der Waals surface area contributed by atoms with Crippen molar-refractivity contribution in [3.8, 4) is 0 Å². The van der Waals surface area contributed by atoms with Gasteiger partial charge in [-0.15, -0.1) is 0 Å². The Kier molecular flexibility index (Phi) is 8.58. The van der Waals surface area contributed by atoms with Crippen molar-refractivity contribution in [3.05, 3.63) is 125 Å². The van der Waals surface area contributed by atoms with E-state index in [1.165, 1.54) is 6.08 Å². The summed E-state index contributed by atoms with van der Waals surface area (Å²) in [7, 11) is 0. The van der Waals surface area contributed by atoms with Gasteiger partial charge in [0.1, 0.15) is 5.82 Å². The Labute approximate surface area is 227 Å². The molecule has 0 atom stereocenters. The first-order valence-electron chi connectivity index (χ1n) is 12.4. The van der Waals surface area contributed by atoms with E-state index in [0.29, 0.717) is 40.4 Å². The van der Waals surface area contributed by atoms with Crippen LogP contribution in [0.5, 0.6) is 0 Å². The first-order valence-corrected chi connectivity index (χ1v) is 12.4. The highest BCUT2D eigenvalue weighted by molar-refractivity contribution is 6.08. The lowest BCUT2D eigenvalue weighted by atomic mass is 10.1. The average Bonchev–Trinajstić information content (AvgIpc) is 2.91. The van der Waals surface area contributed by atoms with Crippen molar-refractivity contribution < 1.29 is 14.4 Å². The Morgan fingerprint density at radius 1 is 0.769 bits per heavy atom. The van der Waals surface area contributed by atoms with Crippen LogP contribution < -0.4 is 16.0 Å². The van der Waals surface area contributed by atoms with Gasteiger partial charge < -0.3 is 16.0 Å². The predicted molar refractivity (Wildman–Crippen MR) is 153 cm³/mol. The van der Waals surface area contributed by atoms with Gasteiger partial charge in [-0.05, 0) is 74.4 Å². The quantitative estimate of drug-likeness (QED) is 0.258. The molecule has 0 aliphatic carbocycles. The van der Waals surface area contributed by atoms with Crippen LogP contribution in [0, 0.1) is 13.8 Å². The summed E-state index contributed by atoms with van der Waals surface area (Å²) in [6.07, 6.45) is 6.70. The van der Waals surface area contributed by atoms with E-state index in [9.17, 15) is 14.4 Å². The molecule has 0 saturated carbocycles. The average molecular weight is 520 g/mol. The van der Waals surface area contributed by atoms with Crippen LogP contribution >= 0.6 is 0 Å². The molecule has 0 saturated heterocycles. The van der Waals surface area contributed by atoms with Gasteiger partial charge in [-0.25, -0.2) is 9.97 Å². The fraction of sp³-hybridized carbons (Fsp3) is 0.129. The van der Waals surface area contributed by atoms with Crippen LogP contribution in [0.15, 0.2) is 91.3 Å². The number of benzene rings is 3. The molecule has 3 N–H and O–H groups in total. The fourth-order valence-corrected chi connectivity index (χ4v) is 3.92. The normalized spacial score (nSPS) is 10.7. The summed E-state index contributed by atoms with van der Waals surface area (Å²) in [5.74, 6) is -0.203. The van der Waals surface area contributed by atoms with Gasteiger partial charge in [0, 0.05) is 28.9 Å². The van der Waals surface area contributed by atoms with Gasteiger partial charge >= 0.3 is 0 Å². The molecule has 8 heteroatoms. The molecule has 39 heavy (non-hydrogen) atoms. The molecule has 8 nitrogen and oxygen atoms in total. The second kappa shape index (κ2) is 12.4. The van der Waals surface area contributed by atoms with E-state index in [1.807, 2.05) is 50.2 Å². The van der Waals surface area contributed by atoms with Crippen LogP contribution in [0.25, 0.3) is 0 Å². The topological polar surface area (TPSA) is 113 Å².